The van der Waals surface area contributed by atoms with Gasteiger partial charge in [-0.3, -0.25) is 9.63 Å². The first kappa shape index (κ1) is 26.6. The van der Waals surface area contributed by atoms with Gasteiger partial charge in [0.25, 0.3) is 0 Å². The zero-order valence-electron chi connectivity index (χ0n) is 19.1. The fourth-order valence-corrected chi connectivity index (χ4v) is 3.23. The van der Waals surface area contributed by atoms with Gasteiger partial charge in [0, 0.05) is 18.2 Å². The molecule has 1 atom stereocenters. The van der Waals surface area contributed by atoms with Gasteiger partial charge < -0.3 is 9.47 Å². The Labute approximate surface area is 188 Å². The summed E-state index contributed by atoms with van der Waals surface area (Å²) in [6.45, 7) is 11.1. The monoisotopic (exact) mass is 452 g/mol. The molecule has 0 saturated carbocycles. The van der Waals surface area contributed by atoms with E-state index in [1.807, 2.05) is 13.8 Å². The SMILES string of the molecule is C#CCCCON(C(=O)OC(C)(C)C)C(CC(=O)c1nc(C(=O)OCC)cs1)C(C)C. The van der Waals surface area contributed by atoms with Gasteiger partial charge in [0.15, 0.2) is 16.5 Å². The van der Waals surface area contributed by atoms with E-state index in [1.165, 1.54) is 5.38 Å². The Balaban J connectivity index is 3.02. The average Bonchev–Trinajstić information content (AvgIpc) is 3.15. The molecule has 1 aromatic heterocycles. The molecule has 0 aliphatic rings. The van der Waals surface area contributed by atoms with Crippen LogP contribution >= 0.6 is 11.3 Å². The zero-order chi connectivity index (χ0) is 23.6. The zero-order valence-corrected chi connectivity index (χ0v) is 19.9. The summed E-state index contributed by atoms with van der Waals surface area (Å²) < 4.78 is 10.4. The minimum absolute atomic E-state index is 0.0399. The van der Waals surface area contributed by atoms with Crippen LogP contribution in [0.3, 0.4) is 0 Å². The largest absolute Gasteiger partial charge is 0.461 e. The van der Waals surface area contributed by atoms with Crippen LogP contribution in [0.25, 0.3) is 0 Å². The maximum Gasteiger partial charge on any atom is 0.434 e. The quantitative estimate of drug-likeness (QED) is 0.160. The highest BCUT2D eigenvalue weighted by molar-refractivity contribution is 7.11. The van der Waals surface area contributed by atoms with Crippen LogP contribution in [0.4, 0.5) is 4.79 Å². The summed E-state index contributed by atoms with van der Waals surface area (Å²) >= 11 is 1.06. The third kappa shape index (κ3) is 9.07. The fourth-order valence-electron chi connectivity index (χ4n) is 2.50. The van der Waals surface area contributed by atoms with Crippen molar-refractivity contribution < 1.29 is 28.7 Å². The second-order valence-corrected chi connectivity index (χ2v) is 9.00. The molecule has 172 valence electrons. The summed E-state index contributed by atoms with van der Waals surface area (Å²) in [6, 6.07) is -0.594. The van der Waals surface area contributed by atoms with Crippen molar-refractivity contribution in [3.63, 3.8) is 0 Å². The Kier molecular flexibility index (Phi) is 10.7. The number of esters is 1. The highest BCUT2D eigenvalue weighted by Crippen LogP contribution is 2.23. The third-order valence-corrected chi connectivity index (χ3v) is 4.85. The molecule has 1 amide bonds. The van der Waals surface area contributed by atoms with E-state index in [-0.39, 0.29) is 42.0 Å². The van der Waals surface area contributed by atoms with Crippen molar-refractivity contribution in [1.82, 2.24) is 10.0 Å². The topological polar surface area (TPSA) is 95.0 Å². The highest BCUT2D eigenvalue weighted by Gasteiger charge is 2.34. The molecule has 0 aromatic carbocycles. The second-order valence-electron chi connectivity index (χ2n) is 8.14. The molecule has 8 nitrogen and oxygen atoms in total. The third-order valence-electron chi connectivity index (χ3n) is 3.96. The van der Waals surface area contributed by atoms with E-state index < -0.39 is 23.7 Å². The summed E-state index contributed by atoms with van der Waals surface area (Å²) in [5.74, 6) is 1.52. The Bertz CT molecular complexity index is 791. The number of hydrogen-bond donors (Lipinski definition) is 0. The van der Waals surface area contributed by atoms with Gasteiger partial charge in [0.05, 0.1) is 19.3 Å². The van der Waals surface area contributed by atoms with Crippen molar-refractivity contribution in [3.8, 4) is 12.3 Å². The smallest absolute Gasteiger partial charge is 0.434 e. The van der Waals surface area contributed by atoms with Crippen molar-refractivity contribution in [2.24, 2.45) is 5.92 Å². The lowest BCUT2D eigenvalue weighted by atomic mass is 9.98. The van der Waals surface area contributed by atoms with Crippen LogP contribution in [0.2, 0.25) is 0 Å². The molecule has 0 bridgehead atoms. The summed E-state index contributed by atoms with van der Waals surface area (Å²) in [5.41, 5.74) is -0.641. The van der Waals surface area contributed by atoms with Gasteiger partial charge in [0.1, 0.15) is 5.60 Å². The lowest BCUT2D eigenvalue weighted by Crippen LogP contribution is -2.46. The van der Waals surface area contributed by atoms with Crippen LogP contribution in [0.5, 0.6) is 0 Å². The normalized spacial score (nSPS) is 12.2. The van der Waals surface area contributed by atoms with Crippen molar-refractivity contribution >= 4 is 29.2 Å². The van der Waals surface area contributed by atoms with E-state index in [0.717, 1.165) is 16.4 Å². The van der Waals surface area contributed by atoms with Crippen LogP contribution < -0.4 is 0 Å². The van der Waals surface area contributed by atoms with Crippen molar-refractivity contribution in [2.75, 3.05) is 13.2 Å². The van der Waals surface area contributed by atoms with Crippen LogP contribution in [-0.4, -0.2) is 52.7 Å². The van der Waals surface area contributed by atoms with Crippen LogP contribution in [0.1, 0.15) is 81.1 Å². The lowest BCUT2D eigenvalue weighted by Gasteiger charge is -2.34. The molecule has 1 aromatic rings. The predicted octanol–water partition coefficient (Wildman–Crippen LogP) is 4.50. The van der Waals surface area contributed by atoms with Crippen LogP contribution in [0.15, 0.2) is 5.38 Å². The minimum Gasteiger partial charge on any atom is -0.461 e. The molecule has 0 fully saturated rings. The summed E-state index contributed by atoms with van der Waals surface area (Å²) in [5, 5.41) is 2.78. The number of carbonyl (C=O) groups is 3. The van der Waals surface area contributed by atoms with Gasteiger partial charge in [-0.1, -0.05) is 13.8 Å². The molecule has 0 spiro atoms. The Morgan fingerprint density at radius 2 is 1.97 bits per heavy atom. The number of ketones is 1. The molecule has 0 N–H and O–H groups in total. The van der Waals surface area contributed by atoms with E-state index >= 15 is 0 Å². The van der Waals surface area contributed by atoms with E-state index in [2.05, 4.69) is 10.9 Å². The van der Waals surface area contributed by atoms with Gasteiger partial charge in [-0.2, -0.15) is 5.06 Å². The number of hydrogen-bond acceptors (Lipinski definition) is 8. The number of thiazole rings is 1. The Morgan fingerprint density at radius 1 is 1.29 bits per heavy atom. The van der Waals surface area contributed by atoms with Crippen molar-refractivity contribution in [2.45, 2.75) is 72.4 Å². The maximum atomic E-state index is 12.9. The van der Waals surface area contributed by atoms with E-state index in [0.29, 0.717) is 12.8 Å². The summed E-state index contributed by atoms with van der Waals surface area (Å²) in [6.07, 6.45) is 5.62. The van der Waals surface area contributed by atoms with Crippen LogP contribution in [-0.2, 0) is 14.3 Å². The molecule has 1 unspecified atom stereocenters. The number of nitrogens with zero attached hydrogens (tertiary/aromatic N) is 2. The van der Waals surface area contributed by atoms with Gasteiger partial charge in [-0.05, 0) is 40.0 Å². The summed E-state index contributed by atoms with van der Waals surface area (Å²) in [7, 11) is 0. The van der Waals surface area contributed by atoms with Gasteiger partial charge in [-0.25, -0.2) is 14.6 Å². The van der Waals surface area contributed by atoms with Crippen molar-refractivity contribution in [1.29, 1.82) is 0 Å². The lowest BCUT2D eigenvalue weighted by molar-refractivity contribution is -0.177. The molecule has 0 aliphatic heterocycles. The number of unbranched alkanes of at least 4 members (excludes halogenated alkanes) is 1. The van der Waals surface area contributed by atoms with Crippen molar-refractivity contribution in [3.05, 3.63) is 16.1 Å². The number of ether oxygens (including phenoxy) is 2. The van der Waals surface area contributed by atoms with E-state index in [4.69, 9.17) is 20.7 Å². The number of hydroxylamine groups is 2. The second kappa shape index (κ2) is 12.4. The molecule has 31 heavy (non-hydrogen) atoms. The molecular formula is C22H32N2O6S. The minimum atomic E-state index is -0.729. The molecule has 1 heterocycles. The van der Waals surface area contributed by atoms with Gasteiger partial charge in [0.2, 0.25) is 0 Å². The molecular weight excluding hydrogens is 420 g/mol. The number of aromatic nitrogens is 1. The van der Waals surface area contributed by atoms with Crippen LogP contribution in [0, 0.1) is 18.3 Å². The fraction of sp³-hybridized carbons (Fsp3) is 0.636. The first-order valence-electron chi connectivity index (χ1n) is 10.2. The van der Waals surface area contributed by atoms with Gasteiger partial charge >= 0.3 is 12.1 Å². The van der Waals surface area contributed by atoms with Gasteiger partial charge in [-0.15, -0.1) is 23.7 Å². The summed E-state index contributed by atoms with van der Waals surface area (Å²) in [4.78, 5) is 47.3. The molecule has 0 saturated heterocycles. The molecule has 0 aliphatic carbocycles. The maximum absolute atomic E-state index is 12.9. The Morgan fingerprint density at radius 3 is 2.52 bits per heavy atom. The first-order valence-corrected chi connectivity index (χ1v) is 11.1. The molecule has 1 rings (SSSR count). The standard InChI is InChI=1S/C22H32N2O6S/c1-8-10-11-12-29-24(21(27)30-22(5,6)7)17(15(3)4)13-18(25)19-23-16(14-31-19)20(26)28-9-2/h1,14-15,17H,9-13H2,2-7H3. The highest BCUT2D eigenvalue weighted by atomic mass is 32.1. The number of terminal acetylenes is 1. The van der Waals surface area contributed by atoms with E-state index in [1.54, 1.807) is 27.7 Å². The predicted molar refractivity (Wildman–Crippen MR) is 118 cm³/mol. The Hall–Kier alpha value is -2.44. The molecule has 9 heteroatoms. The molecule has 0 radical (unpaired) electrons. The average molecular weight is 453 g/mol. The first-order chi connectivity index (χ1) is 14.5. The number of carbonyl (C=O) groups excluding carboxylic acids is 3. The number of amides is 1. The van der Waals surface area contributed by atoms with E-state index in [9.17, 15) is 14.4 Å². The number of rotatable bonds is 11. The number of Topliss-reactive ketones (excluding diaryl/α,β-unsaturated/α-hetero) is 1.